The van der Waals surface area contributed by atoms with Gasteiger partial charge in [0.05, 0.1) is 6.61 Å². The Morgan fingerprint density at radius 1 is 1.41 bits per heavy atom. The van der Waals surface area contributed by atoms with E-state index in [4.69, 9.17) is 9.47 Å². The molecule has 0 saturated carbocycles. The van der Waals surface area contributed by atoms with Gasteiger partial charge in [0, 0.05) is 6.07 Å². The summed E-state index contributed by atoms with van der Waals surface area (Å²) in [5.41, 5.74) is 0.544. The van der Waals surface area contributed by atoms with Gasteiger partial charge in [0.15, 0.2) is 6.61 Å². The lowest BCUT2D eigenvalue weighted by Crippen LogP contribution is -2.15. The normalized spacial score (nSPS) is 10.1. The van der Waals surface area contributed by atoms with Crippen LogP contribution in [0.25, 0.3) is 0 Å². The third-order valence-electron chi connectivity index (χ3n) is 2.26. The number of benzene rings is 1. The van der Waals surface area contributed by atoms with E-state index in [2.05, 4.69) is 0 Å². The van der Waals surface area contributed by atoms with Gasteiger partial charge in [-0.15, -0.1) is 0 Å². The van der Waals surface area contributed by atoms with Gasteiger partial charge in [0.2, 0.25) is 0 Å². The van der Waals surface area contributed by atoms with E-state index >= 15 is 0 Å². The molecule has 0 aromatic heterocycles. The SMILES string of the molecule is CCCCOC(=O)COc1ccc(C)c(F)c1. The second-order valence-electron chi connectivity index (χ2n) is 3.77. The summed E-state index contributed by atoms with van der Waals surface area (Å²) < 4.78 is 23.2. The van der Waals surface area contributed by atoms with Crippen LogP contribution in [0.15, 0.2) is 18.2 Å². The van der Waals surface area contributed by atoms with E-state index in [9.17, 15) is 9.18 Å². The summed E-state index contributed by atoms with van der Waals surface area (Å²) in [4.78, 5) is 11.2. The Morgan fingerprint density at radius 2 is 2.18 bits per heavy atom. The van der Waals surface area contributed by atoms with E-state index in [0.717, 1.165) is 12.8 Å². The van der Waals surface area contributed by atoms with Crippen LogP contribution in [0.3, 0.4) is 0 Å². The Hall–Kier alpha value is -1.58. The van der Waals surface area contributed by atoms with E-state index in [1.54, 1.807) is 19.1 Å². The van der Waals surface area contributed by atoms with Crippen molar-refractivity contribution in [3.8, 4) is 5.75 Å². The first-order chi connectivity index (χ1) is 8.13. The molecule has 4 heteroatoms. The Bertz CT molecular complexity index is 377. The molecule has 3 nitrogen and oxygen atoms in total. The number of hydrogen-bond donors (Lipinski definition) is 0. The highest BCUT2D eigenvalue weighted by atomic mass is 19.1. The van der Waals surface area contributed by atoms with E-state index < -0.39 is 5.97 Å². The smallest absolute Gasteiger partial charge is 0.344 e. The monoisotopic (exact) mass is 240 g/mol. The Morgan fingerprint density at radius 3 is 2.82 bits per heavy atom. The molecule has 0 heterocycles. The van der Waals surface area contributed by atoms with Crippen LogP contribution in [-0.2, 0) is 9.53 Å². The Kier molecular flexibility index (Phi) is 5.46. The fourth-order valence-electron chi connectivity index (χ4n) is 1.18. The van der Waals surface area contributed by atoms with E-state index in [0.29, 0.717) is 17.9 Å². The van der Waals surface area contributed by atoms with Crippen molar-refractivity contribution < 1.29 is 18.7 Å². The second-order valence-corrected chi connectivity index (χ2v) is 3.77. The fourth-order valence-corrected chi connectivity index (χ4v) is 1.18. The molecule has 0 radical (unpaired) electrons. The van der Waals surface area contributed by atoms with Gasteiger partial charge >= 0.3 is 5.97 Å². The molecule has 0 unspecified atom stereocenters. The average molecular weight is 240 g/mol. The van der Waals surface area contributed by atoms with E-state index in [1.165, 1.54) is 6.07 Å². The second kappa shape index (κ2) is 6.89. The van der Waals surface area contributed by atoms with Gasteiger partial charge in [-0.3, -0.25) is 0 Å². The van der Waals surface area contributed by atoms with Gasteiger partial charge < -0.3 is 9.47 Å². The molecule has 0 N–H and O–H groups in total. The molecule has 94 valence electrons. The number of unbranched alkanes of at least 4 members (excludes halogenated alkanes) is 1. The standard InChI is InChI=1S/C13H17FO3/c1-3-4-7-16-13(15)9-17-11-6-5-10(2)12(14)8-11/h5-6,8H,3-4,7,9H2,1-2H3. The third-order valence-corrected chi connectivity index (χ3v) is 2.26. The van der Waals surface area contributed by atoms with Crippen LogP contribution in [0, 0.1) is 12.7 Å². The molecule has 0 aliphatic rings. The predicted octanol–water partition coefficient (Wildman–Crippen LogP) is 2.86. The van der Waals surface area contributed by atoms with Crippen molar-refractivity contribution >= 4 is 5.97 Å². The van der Waals surface area contributed by atoms with Gasteiger partial charge in [-0.1, -0.05) is 19.4 Å². The van der Waals surface area contributed by atoms with E-state index in [1.807, 2.05) is 6.92 Å². The van der Waals surface area contributed by atoms with Crippen molar-refractivity contribution in [2.75, 3.05) is 13.2 Å². The van der Waals surface area contributed by atoms with Crippen LogP contribution in [0.5, 0.6) is 5.75 Å². The summed E-state index contributed by atoms with van der Waals surface area (Å²) in [6.45, 7) is 3.89. The predicted molar refractivity (Wildman–Crippen MR) is 62.5 cm³/mol. The van der Waals surface area contributed by atoms with Crippen molar-refractivity contribution in [2.45, 2.75) is 26.7 Å². The van der Waals surface area contributed by atoms with Crippen molar-refractivity contribution in [3.05, 3.63) is 29.6 Å². The van der Waals surface area contributed by atoms with Crippen LogP contribution in [-0.4, -0.2) is 19.2 Å². The van der Waals surface area contributed by atoms with Gasteiger partial charge in [-0.05, 0) is 25.0 Å². The third kappa shape index (κ3) is 4.85. The van der Waals surface area contributed by atoms with Crippen LogP contribution < -0.4 is 4.74 Å². The van der Waals surface area contributed by atoms with Crippen molar-refractivity contribution in [2.24, 2.45) is 0 Å². The molecule has 0 bridgehead atoms. The van der Waals surface area contributed by atoms with Crippen LogP contribution in [0.4, 0.5) is 4.39 Å². The number of hydrogen-bond acceptors (Lipinski definition) is 3. The first-order valence-corrected chi connectivity index (χ1v) is 5.68. The lowest BCUT2D eigenvalue weighted by Gasteiger charge is -2.07. The average Bonchev–Trinajstić information content (AvgIpc) is 2.31. The molecular weight excluding hydrogens is 223 g/mol. The number of halogens is 1. The maximum absolute atomic E-state index is 13.2. The fraction of sp³-hybridized carbons (Fsp3) is 0.462. The molecule has 0 atom stereocenters. The molecular formula is C13H17FO3. The summed E-state index contributed by atoms with van der Waals surface area (Å²) >= 11 is 0. The molecule has 0 amide bonds. The summed E-state index contributed by atoms with van der Waals surface area (Å²) in [5.74, 6) is -0.443. The molecule has 0 aliphatic heterocycles. The number of carbonyl (C=O) groups is 1. The number of esters is 1. The number of rotatable bonds is 6. The Labute approximate surface area is 101 Å². The minimum Gasteiger partial charge on any atom is -0.482 e. The molecule has 1 aromatic rings. The molecule has 0 aliphatic carbocycles. The van der Waals surface area contributed by atoms with Gasteiger partial charge in [0.1, 0.15) is 11.6 Å². The minimum absolute atomic E-state index is 0.188. The summed E-state index contributed by atoms with van der Waals surface area (Å²) in [6.07, 6.45) is 1.81. The summed E-state index contributed by atoms with van der Waals surface area (Å²) in [7, 11) is 0. The molecule has 0 spiro atoms. The highest BCUT2D eigenvalue weighted by molar-refractivity contribution is 5.71. The first kappa shape index (κ1) is 13.5. The maximum atomic E-state index is 13.2. The van der Waals surface area contributed by atoms with Gasteiger partial charge in [-0.25, -0.2) is 9.18 Å². The van der Waals surface area contributed by atoms with Crippen LogP contribution in [0.1, 0.15) is 25.3 Å². The zero-order valence-corrected chi connectivity index (χ0v) is 10.2. The largest absolute Gasteiger partial charge is 0.482 e. The topological polar surface area (TPSA) is 35.5 Å². The quantitative estimate of drug-likeness (QED) is 0.566. The van der Waals surface area contributed by atoms with Crippen molar-refractivity contribution in [1.29, 1.82) is 0 Å². The summed E-state index contributed by atoms with van der Waals surface area (Å²) in [5, 5.41) is 0. The molecule has 17 heavy (non-hydrogen) atoms. The Balaban J connectivity index is 2.34. The highest BCUT2D eigenvalue weighted by Crippen LogP contribution is 2.15. The molecule has 0 fully saturated rings. The maximum Gasteiger partial charge on any atom is 0.344 e. The molecule has 1 rings (SSSR count). The van der Waals surface area contributed by atoms with Crippen molar-refractivity contribution in [3.63, 3.8) is 0 Å². The lowest BCUT2D eigenvalue weighted by atomic mass is 10.2. The zero-order chi connectivity index (χ0) is 12.7. The van der Waals surface area contributed by atoms with Gasteiger partial charge in [-0.2, -0.15) is 0 Å². The van der Waals surface area contributed by atoms with E-state index in [-0.39, 0.29) is 12.4 Å². The summed E-state index contributed by atoms with van der Waals surface area (Å²) in [6, 6.07) is 4.49. The zero-order valence-electron chi connectivity index (χ0n) is 10.2. The highest BCUT2D eigenvalue weighted by Gasteiger charge is 2.05. The van der Waals surface area contributed by atoms with Gasteiger partial charge in [0.25, 0.3) is 0 Å². The number of carbonyl (C=O) groups excluding carboxylic acids is 1. The first-order valence-electron chi connectivity index (χ1n) is 5.68. The number of ether oxygens (including phenoxy) is 2. The minimum atomic E-state index is -0.431. The molecule has 1 aromatic carbocycles. The van der Waals surface area contributed by atoms with Crippen LogP contribution in [0.2, 0.25) is 0 Å². The van der Waals surface area contributed by atoms with Crippen LogP contribution >= 0.6 is 0 Å². The molecule has 0 saturated heterocycles. The van der Waals surface area contributed by atoms with Crippen molar-refractivity contribution in [1.82, 2.24) is 0 Å². The number of aryl methyl sites for hydroxylation is 1. The lowest BCUT2D eigenvalue weighted by molar-refractivity contribution is -0.146.